The quantitative estimate of drug-likeness (QED) is 0.740. The monoisotopic (exact) mass is 205 g/mol. The van der Waals surface area contributed by atoms with Crippen LogP contribution in [-0.2, 0) is 0 Å². The predicted molar refractivity (Wildman–Crippen MR) is 60.7 cm³/mol. The molecule has 0 bridgehead atoms. The Bertz CT molecular complexity index is 289. The summed E-state index contributed by atoms with van der Waals surface area (Å²) < 4.78 is 0. The van der Waals surface area contributed by atoms with Crippen LogP contribution in [-0.4, -0.2) is 34.0 Å². The normalized spacial score (nSPS) is 19.7. The molecule has 0 amide bonds. The number of hydrogen-bond acceptors (Lipinski definition) is 3. The minimum atomic E-state index is 0.619. The van der Waals surface area contributed by atoms with Crippen LogP contribution in [0.1, 0.15) is 38.3 Å². The third-order valence-electron chi connectivity index (χ3n) is 3.26. The lowest BCUT2D eigenvalue weighted by atomic mass is 9.93. The van der Waals surface area contributed by atoms with Crippen molar-refractivity contribution < 1.29 is 0 Å². The summed E-state index contributed by atoms with van der Waals surface area (Å²) >= 11 is 0. The van der Waals surface area contributed by atoms with Crippen molar-refractivity contribution in [3.63, 3.8) is 0 Å². The minimum absolute atomic E-state index is 0.619. The van der Waals surface area contributed by atoms with Gasteiger partial charge in [-0.05, 0) is 39.8 Å². The van der Waals surface area contributed by atoms with E-state index in [1.54, 1.807) is 12.4 Å². The SMILES string of the molecule is CC(C)N1CCC(c2cnccn2)CC1. The zero-order valence-electron chi connectivity index (χ0n) is 9.56. The summed E-state index contributed by atoms with van der Waals surface area (Å²) in [6.07, 6.45) is 7.89. The molecule has 2 heterocycles. The van der Waals surface area contributed by atoms with Crippen molar-refractivity contribution >= 4 is 0 Å². The van der Waals surface area contributed by atoms with E-state index in [-0.39, 0.29) is 0 Å². The Morgan fingerprint density at radius 2 is 2.00 bits per heavy atom. The molecular weight excluding hydrogens is 186 g/mol. The molecule has 1 aromatic heterocycles. The smallest absolute Gasteiger partial charge is 0.0618 e. The van der Waals surface area contributed by atoms with E-state index in [1.807, 2.05) is 6.20 Å². The molecule has 15 heavy (non-hydrogen) atoms. The number of piperidine rings is 1. The fourth-order valence-electron chi connectivity index (χ4n) is 2.23. The van der Waals surface area contributed by atoms with Crippen molar-refractivity contribution in [3.8, 4) is 0 Å². The first-order valence-electron chi connectivity index (χ1n) is 5.77. The molecular formula is C12H19N3. The molecule has 82 valence electrons. The van der Waals surface area contributed by atoms with Crippen LogP contribution in [0.3, 0.4) is 0 Å². The van der Waals surface area contributed by atoms with Gasteiger partial charge in [0.05, 0.1) is 5.69 Å². The Balaban J connectivity index is 1.94. The average Bonchev–Trinajstić information content (AvgIpc) is 2.30. The number of rotatable bonds is 2. The molecule has 2 rings (SSSR count). The van der Waals surface area contributed by atoms with Crippen LogP contribution in [0, 0.1) is 0 Å². The Hall–Kier alpha value is -0.960. The van der Waals surface area contributed by atoms with E-state index in [2.05, 4.69) is 28.7 Å². The number of nitrogens with zero attached hydrogens (tertiary/aromatic N) is 3. The van der Waals surface area contributed by atoms with Gasteiger partial charge in [-0.25, -0.2) is 0 Å². The standard InChI is InChI=1S/C12H19N3/c1-10(2)15-7-3-11(4-8-15)12-9-13-5-6-14-12/h5-6,9-11H,3-4,7-8H2,1-2H3. The maximum Gasteiger partial charge on any atom is 0.0618 e. The van der Waals surface area contributed by atoms with Crippen LogP contribution in [0.4, 0.5) is 0 Å². The van der Waals surface area contributed by atoms with Gasteiger partial charge in [0.2, 0.25) is 0 Å². The van der Waals surface area contributed by atoms with E-state index >= 15 is 0 Å². The van der Waals surface area contributed by atoms with Crippen LogP contribution in [0.15, 0.2) is 18.6 Å². The minimum Gasteiger partial charge on any atom is -0.301 e. The second-order valence-electron chi connectivity index (χ2n) is 4.53. The summed E-state index contributed by atoms with van der Waals surface area (Å²) in [7, 11) is 0. The molecule has 0 spiro atoms. The van der Waals surface area contributed by atoms with E-state index in [0.29, 0.717) is 12.0 Å². The highest BCUT2D eigenvalue weighted by Gasteiger charge is 2.22. The lowest BCUT2D eigenvalue weighted by molar-refractivity contribution is 0.170. The summed E-state index contributed by atoms with van der Waals surface area (Å²) in [4.78, 5) is 11.1. The maximum atomic E-state index is 4.39. The first-order valence-corrected chi connectivity index (χ1v) is 5.77. The van der Waals surface area contributed by atoms with Gasteiger partial charge in [-0.1, -0.05) is 0 Å². The lowest BCUT2D eigenvalue weighted by Crippen LogP contribution is -2.38. The number of hydrogen-bond donors (Lipinski definition) is 0. The molecule has 1 aromatic rings. The van der Waals surface area contributed by atoms with Crippen molar-refractivity contribution in [2.45, 2.75) is 38.6 Å². The highest BCUT2D eigenvalue weighted by molar-refractivity contribution is 5.04. The highest BCUT2D eigenvalue weighted by Crippen LogP contribution is 2.26. The van der Waals surface area contributed by atoms with Gasteiger partial charge in [0, 0.05) is 30.6 Å². The first kappa shape index (κ1) is 10.6. The molecule has 0 radical (unpaired) electrons. The predicted octanol–water partition coefficient (Wildman–Crippen LogP) is 2.06. The molecule has 0 saturated carbocycles. The van der Waals surface area contributed by atoms with E-state index in [4.69, 9.17) is 0 Å². The Kier molecular flexibility index (Phi) is 3.31. The van der Waals surface area contributed by atoms with Gasteiger partial charge in [0.1, 0.15) is 0 Å². The highest BCUT2D eigenvalue weighted by atomic mass is 15.1. The van der Waals surface area contributed by atoms with Gasteiger partial charge in [0.15, 0.2) is 0 Å². The van der Waals surface area contributed by atoms with Crippen molar-refractivity contribution in [2.75, 3.05) is 13.1 Å². The third-order valence-corrected chi connectivity index (χ3v) is 3.26. The molecule has 1 fully saturated rings. The van der Waals surface area contributed by atoms with Crippen molar-refractivity contribution in [1.82, 2.24) is 14.9 Å². The zero-order valence-corrected chi connectivity index (χ0v) is 9.56. The van der Waals surface area contributed by atoms with Gasteiger partial charge in [0.25, 0.3) is 0 Å². The Labute approximate surface area is 91.5 Å². The molecule has 0 N–H and O–H groups in total. The molecule has 1 aliphatic rings. The van der Waals surface area contributed by atoms with E-state index in [9.17, 15) is 0 Å². The van der Waals surface area contributed by atoms with Gasteiger partial charge in [-0.2, -0.15) is 0 Å². The molecule has 0 aromatic carbocycles. The second-order valence-corrected chi connectivity index (χ2v) is 4.53. The van der Waals surface area contributed by atoms with Gasteiger partial charge >= 0.3 is 0 Å². The molecule has 1 aliphatic heterocycles. The summed E-state index contributed by atoms with van der Waals surface area (Å²) in [6, 6.07) is 0.674. The van der Waals surface area contributed by atoms with E-state index in [1.165, 1.54) is 31.6 Å². The molecule has 1 saturated heterocycles. The summed E-state index contributed by atoms with van der Waals surface area (Å²) in [6.45, 7) is 6.92. The van der Waals surface area contributed by atoms with Gasteiger partial charge < -0.3 is 4.90 Å². The van der Waals surface area contributed by atoms with Crippen molar-refractivity contribution in [2.24, 2.45) is 0 Å². The number of aromatic nitrogens is 2. The summed E-state index contributed by atoms with van der Waals surface area (Å²) in [5, 5.41) is 0. The lowest BCUT2D eigenvalue weighted by Gasteiger charge is -2.34. The average molecular weight is 205 g/mol. The van der Waals surface area contributed by atoms with Crippen LogP contribution in [0.5, 0.6) is 0 Å². The summed E-state index contributed by atoms with van der Waals surface area (Å²) in [5.74, 6) is 0.619. The van der Waals surface area contributed by atoms with Crippen LogP contribution >= 0.6 is 0 Å². The zero-order chi connectivity index (χ0) is 10.7. The first-order chi connectivity index (χ1) is 7.27. The fourth-order valence-corrected chi connectivity index (χ4v) is 2.23. The third kappa shape index (κ3) is 2.53. The number of likely N-dealkylation sites (tertiary alicyclic amines) is 1. The van der Waals surface area contributed by atoms with Crippen LogP contribution < -0.4 is 0 Å². The van der Waals surface area contributed by atoms with Crippen molar-refractivity contribution in [1.29, 1.82) is 0 Å². The Morgan fingerprint density at radius 1 is 1.27 bits per heavy atom. The van der Waals surface area contributed by atoms with Crippen molar-refractivity contribution in [3.05, 3.63) is 24.3 Å². The van der Waals surface area contributed by atoms with Gasteiger partial charge in [-0.3, -0.25) is 9.97 Å². The topological polar surface area (TPSA) is 29.0 Å². The second kappa shape index (κ2) is 4.71. The largest absolute Gasteiger partial charge is 0.301 e. The van der Waals surface area contributed by atoms with Gasteiger partial charge in [-0.15, -0.1) is 0 Å². The maximum absolute atomic E-state index is 4.39. The molecule has 0 aliphatic carbocycles. The Morgan fingerprint density at radius 3 is 2.53 bits per heavy atom. The molecule has 0 atom stereocenters. The molecule has 3 nitrogen and oxygen atoms in total. The van der Waals surface area contributed by atoms with E-state index in [0.717, 1.165) is 0 Å². The fraction of sp³-hybridized carbons (Fsp3) is 0.667. The molecule has 3 heteroatoms. The van der Waals surface area contributed by atoms with E-state index < -0.39 is 0 Å². The van der Waals surface area contributed by atoms with Crippen LogP contribution in [0.25, 0.3) is 0 Å². The molecule has 0 unspecified atom stereocenters. The van der Waals surface area contributed by atoms with Crippen LogP contribution in [0.2, 0.25) is 0 Å². The summed E-state index contributed by atoms with van der Waals surface area (Å²) in [5.41, 5.74) is 1.17.